The Bertz CT molecular complexity index is 747. The van der Waals surface area contributed by atoms with Gasteiger partial charge < -0.3 is 25.3 Å². The van der Waals surface area contributed by atoms with Crippen LogP contribution in [0, 0.1) is 0 Å². The molecule has 2 atom stereocenters. The van der Waals surface area contributed by atoms with E-state index in [4.69, 9.17) is 4.74 Å². The largest absolute Gasteiger partial charge is 0.444 e. The number of nitrogens with one attached hydrogen (secondary N) is 2. The maximum atomic E-state index is 11.6. The highest BCUT2D eigenvalue weighted by Gasteiger charge is 2.20. The van der Waals surface area contributed by atoms with Gasteiger partial charge in [-0.1, -0.05) is 6.07 Å². The lowest BCUT2D eigenvalue weighted by molar-refractivity contribution is 0.0124. The molecule has 0 aliphatic heterocycles. The summed E-state index contributed by atoms with van der Waals surface area (Å²) in [4.78, 5) is 25.5. The molecule has 0 bridgehead atoms. The van der Waals surface area contributed by atoms with Crippen molar-refractivity contribution < 1.29 is 24.5 Å². The zero-order chi connectivity index (χ0) is 18.6. The molecule has 1 aromatic carbocycles. The van der Waals surface area contributed by atoms with Crippen molar-refractivity contribution in [3.63, 3.8) is 0 Å². The normalized spacial score (nSPS) is 14.1. The molecule has 4 N–H and O–H groups in total. The topological polar surface area (TPSA) is 112 Å². The van der Waals surface area contributed by atoms with Crippen LogP contribution in [-0.2, 0) is 4.74 Å². The number of rotatable bonds is 6. The number of aromatic amines is 1. The number of hydrogen-bond acceptors (Lipinski definition) is 5. The summed E-state index contributed by atoms with van der Waals surface area (Å²) in [6, 6.07) is 5.10. The van der Waals surface area contributed by atoms with E-state index < -0.39 is 23.9 Å². The minimum atomic E-state index is -1.13. The Hall–Kier alpha value is -2.38. The zero-order valence-corrected chi connectivity index (χ0v) is 14.6. The molecule has 0 saturated heterocycles. The number of hydrogen-bond donors (Lipinski definition) is 4. The number of alkyl carbamates (subject to hydrolysis) is 1. The summed E-state index contributed by atoms with van der Waals surface area (Å²) in [5.74, 6) is 0. The highest BCUT2D eigenvalue weighted by atomic mass is 16.6. The zero-order valence-electron chi connectivity index (χ0n) is 14.6. The van der Waals surface area contributed by atoms with Crippen molar-refractivity contribution in [2.75, 3.05) is 6.54 Å². The van der Waals surface area contributed by atoms with Gasteiger partial charge in [-0.05, 0) is 44.9 Å². The van der Waals surface area contributed by atoms with Crippen molar-refractivity contribution in [1.29, 1.82) is 0 Å². The van der Waals surface area contributed by atoms with Gasteiger partial charge in [-0.3, -0.25) is 4.79 Å². The molecule has 136 valence electrons. The van der Waals surface area contributed by atoms with Gasteiger partial charge in [0.1, 0.15) is 11.7 Å². The Morgan fingerprint density at radius 2 is 2.08 bits per heavy atom. The van der Waals surface area contributed by atoms with Gasteiger partial charge in [0.15, 0.2) is 6.29 Å². The van der Waals surface area contributed by atoms with Crippen LogP contribution in [0.1, 0.15) is 49.2 Å². The molecule has 2 rings (SSSR count). The van der Waals surface area contributed by atoms with Crippen molar-refractivity contribution >= 4 is 23.3 Å². The van der Waals surface area contributed by atoms with E-state index in [0.29, 0.717) is 16.5 Å². The second kappa shape index (κ2) is 7.67. The summed E-state index contributed by atoms with van der Waals surface area (Å²) in [5.41, 5.74) is 1.18. The third-order valence-corrected chi connectivity index (χ3v) is 3.68. The molecule has 1 amide bonds. The first-order chi connectivity index (χ1) is 11.7. The van der Waals surface area contributed by atoms with E-state index in [-0.39, 0.29) is 13.0 Å². The van der Waals surface area contributed by atoms with E-state index in [0.717, 1.165) is 11.8 Å². The first-order valence-electron chi connectivity index (χ1n) is 8.10. The summed E-state index contributed by atoms with van der Waals surface area (Å²) in [5, 5.41) is 23.7. The highest BCUT2D eigenvalue weighted by Crippen LogP contribution is 2.25. The standard InChI is InChI=1S/C18H24N2O5/c1-18(2,3)25-17(24)19-7-6-15(22)16(23)11-4-5-14-13(8-11)12(10-21)9-20-14/h4-5,8-10,15-16,20,22-23H,6-7H2,1-3H3,(H,19,24). The molecule has 0 aliphatic carbocycles. The van der Waals surface area contributed by atoms with Gasteiger partial charge in [0.2, 0.25) is 0 Å². The van der Waals surface area contributed by atoms with Crippen LogP contribution < -0.4 is 5.32 Å². The Kier molecular flexibility index (Phi) is 5.81. The molecule has 0 fully saturated rings. The fraction of sp³-hybridized carbons (Fsp3) is 0.444. The summed E-state index contributed by atoms with van der Waals surface area (Å²) in [6.07, 6.45) is -0.277. The Morgan fingerprint density at radius 1 is 1.36 bits per heavy atom. The molecular weight excluding hydrogens is 324 g/mol. The number of ether oxygens (including phenoxy) is 1. The molecule has 1 aromatic heterocycles. The Morgan fingerprint density at radius 3 is 2.72 bits per heavy atom. The number of aliphatic hydroxyl groups is 2. The molecule has 7 nitrogen and oxygen atoms in total. The van der Waals surface area contributed by atoms with Crippen LogP contribution >= 0.6 is 0 Å². The van der Waals surface area contributed by atoms with Crippen LogP contribution in [-0.4, -0.2) is 45.8 Å². The molecule has 1 heterocycles. The van der Waals surface area contributed by atoms with E-state index in [1.807, 2.05) is 0 Å². The predicted octanol–water partition coefficient (Wildman–Crippen LogP) is 2.29. The quantitative estimate of drug-likeness (QED) is 0.599. The molecular formula is C18H24N2O5. The van der Waals surface area contributed by atoms with E-state index in [9.17, 15) is 19.8 Å². The smallest absolute Gasteiger partial charge is 0.407 e. The van der Waals surface area contributed by atoms with Gasteiger partial charge in [0.05, 0.1) is 6.10 Å². The fourth-order valence-electron chi connectivity index (χ4n) is 2.46. The third-order valence-electron chi connectivity index (χ3n) is 3.68. The first-order valence-corrected chi connectivity index (χ1v) is 8.10. The van der Waals surface area contributed by atoms with Crippen LogP contribution in [0.25, 0.3) is 10.9 Å². The summed E-state index contributed by atoms with van der Waals surface area (Å²) < 4.78 is 5.10. The molecule has 0 saturated carbocycles. The molecule has 2 unspecified atom stereocenters. The minimum absolute atomic E-state index is 0.159. The van der Waals surface area contributed by atoms with E-state index in [1.54, 1.807) is 45.2 Å². The Labute approximate surface area is 146 Å². The fourth-order valence-corrected chi connectivity index (χ4v) is 2.46. The van der Waals surface area contributed by atoms with Gasteiger partial charge >= 0.3 is 6.09 Å². The van der Waals surface area contributed by atoms with Crippen LogP contribution in [0.4, 0.5) is 4.79 Å². The maximum absolute atomic E-state index is 11.6. The maximum Gasteiger partial charge on any atom is 0.407 e. The van der Waals surface area contributed by atoms with E-state index in [2.05, 4.69) is 10.3 Å². The number of fused-ring (bicyclic) bond motifs is 1. The van der Waals surface area contributed by atoms with Crippen LogP contribution in [0.15, 0.2) is 24.4 Å². The van der Waals surface area contributed by atoms with Crippen LogP contribution in [0.5, 0.6) is 0 Å². The number of H-pyrrole nitrogens is 1. The highest BCUT2D eigenvalue weighted by molar-refractivity contribution is 5.97. The number of amides is 1. The second-order valence-corrected chi connectivity index (χ2v) is 6.90. The van der Waals surface area contributed by atoms with Crippen molar-refractivity contribution in [3.8, 4) is 0 Å². The lowest BCUT2D eigenvalue weighted by Gasteiger charge is -2.21. The number of carbonyl (C=O) groups is 2. The molecule has 2 aromatic rings. The number of benzene rings is 1. The van der Waals surface area contributed by atoms with Crippen molar-refractivity contribution in [2.45, 2.75) is 45.0 Å². The number of carbonyl (C=O) groups excluding carboxylic acids is 2. The number of aromatic nitrogens is 1. The third kappa shape index (κ3) is 5.04. The van der Waals surface area contributed by atoms with Crippen molar-refractivity contribution in [3.05, 3.63) is 35.5 Å². The summed E-state index contributed by atoms with van der Waals surface area (Å²) >= 11 is 0. The van der Waals surface area contributed by atoms with E-state index in [1.165, 1.54) is 0 Å². The minimum Gasteiger partial charge on any atom is -0.444 e. The van der Waals surface area contributed by atoms with Crippen molar-refractivity contribution in [1.82, 2.24) is 10.3 Å². The van der Waals surface area contributed by atoms with Gasteiger partial charge in [0.25, 0.3) is 0 Å². The van der Waals surface area contributed by atoms with Crippen LogP contribution in [0.3, 0.4) is 0 Å². The second-order valence-electron chi connectivity index (χ2n) is 6.90. The number of aldehydes is 1. The van der Waals surface area contributed by atoms with Crippen molar-refractivity contribution in [2.24, 2.45) is 0 Å². The number of aliphatic hydroxyl groups excluding tert-OH is 2. The molecule has 0 spiro atoms. The molecule has 25 heavy (non-hydrogen) atoms. The lowest BCUT2D eigenvalue weighted by atomic mass is 10.00. The monoisotopic (exact) mass is 348 g/mol. The van der Waals surface area contributed by atoms with Gasteiger partial charge in [0, 0.05) is 29.2 Å². The van der Waals surface area contributed by atoms with E-state index >= 15 is 0 Å². The average molecular weight is 348 g/mol. The van der Waals surface area contributed by atoms with Gasteiger partial charge in [-0.15, -0.1) is 0 Å². The molecule has 0 radical (unpaired) electrons. The predicted molar refractivity (Wildman–Crippen MR) is 93.5 cm³/mol. The first kappa shape index (κ1) is 19.0. The average Bonchev–Trinajstić information content (AvgIpc) is 2.94. The summed E-state index contributed by atoms with van der Waals surface area (Å²) in [7, 11) is 0. The molecule has 0 aliphatic rings. The van der Waals surface area contributed by atoms with Gasteiger partial charge in [-0.25, -0.2) is 4.79 Å². The lowest BCUT2D eigenvalue weighted by Crippen LogP contribution is -2.34. The van der Waals surface area contributed by atoms with Gasteiger partial charge in [-0.2, -0.15) is 0 Å². The van der Waals surface area contributed by atoms with Crippen LogP contribution in [0.2, 0.25) is 0 Å². The Balaban J connectivity index is 1.94. The SMILES string of the molecule is CC(C)(C)OC(=O)NCCC(O)C(O)c1ccc2[nH]cc(C=O)c2c1. The molecule has 7 heteroatoms. The summed E-state index contributed by atoms with van der Waals surface area (Å²) in [6.45, 7) is 5.45.